The Hall–Kier alpha value is -0.910. The minimum Gasteiger partial charge on any atom is -0.383 e. The lowest BCUT2D eigenvalue weighted by Gasteiger charge is -2.12. The van der Waals surface area contributed by atoms with Gasteiger partial charge < -0.3 is 10.1 Å². The summed E-state index contributed by atoms with van der Waals surface area (Å²) >= 11 is 1.66. The van der Waals surface area contributed by atoms with Gasteiger partial charge in [-0.2, -0.15) is 0 Å². The highest BCUT2D eigenvalue weighted by Crippen LogP contribution is 2.12. The minimum absolute atomic E-state index is 0.333. The summed E-state index contributed by atoms with van der Waals surface area (Å²) in [5, 5.41) is 5.26. The lowest BCUT2D eigenvalue weighted by Crippen LogP contribution is -2.32. The quantitative estimate of drug-likeness (QED) is 0.830. The minimum atomic E-state index is 0.333. The second kappa shape index (κ2) is 4.74. The van der Waals surface area contributed by atoms with E-state index in [-0.39, 0.29) is 0 Å². The van der Waals surface area contributed by atoms with Crippen molar-refractivity contribution in [2.45, 2.75) is 12.5 Å². The van der Waals surface area contributed by atoms with E-state index in [9.17, 15) is 0 Å². The lowest BCUT2D eigenvalue weighted by molar-refractivity contribution is 0.169. The molecule has 1 unspecified atom stereocenters. The highest BCUT2D eigenvalue weighted by atomic mass is 32.1. The third kappa shape index (κ3) is 2.37. The topological polar surface area (TPSA) is 38.6 Å². The monoisotopic (exact) mass is 225 g/mol. The Morgan fingerprint density at radius 3 is 3.20 bits per heavy atom. The van der Waals surface area contributed by atoms with Gasteiger partial charge >= 0.3 is 0 Å². The van der Waals surface area contributed by atoms with E-state index in [4.69, 9.17) is 4.74 Å². The molecular formula is C10H15N3OS. The van der Waals surface area contributed by atoms with Crippen LogP contribution in [-0.4, -0.2) is 36.2 Å². The van der Waals surface area contributed by atoms with Gasteiger partial charge in [-0.05, 0) is 7.05 Å². The summed E-state index contributed by atoms with van der Waals surface area (Å²) in [6, 6.07) is 0.333. The molecule has 2 rings (SSSR count). The maximum Gasteiger partial charge on any atom is 0.193 e. The zero-order chi connectivity index (χ0) is 10.7. The van der Waals surface area contributed by atoms with Crippen molar-refractivity contribution in [3.63, 3.8) is 0 Å². The van der Waals surface area contributed by atoms with Crippen LogP contribution in [0.3, 0.4) is 0 Å². The first-order valence-corrected chi connectivity index (χ1v) is 5.78. The number of ether oxygens (including phenoxy) is 1. The molecule has 0 radical (unpaired) electrons. The molecule has 0 aliphatic rings. The fourth-order valence-corrected chi connectivity index (χ4v) is 2.29. The number of likely N-dealkylation sites (N-methyl/N-ethyl adjacent to an activating group) is 1. The van der Waals surface area contributed by atoms with E-state index in [1.807, 2.05) is 18.6 Å². The van der Waals surface area contributed by atoms with Crippen LogP contribution < -0.4 is 5.32 Å². The number of aromatic nitrogens is 2. The zero-order valence-electron chi connectivity index (χ0n) is 8.93. The molecule has 2 heterocycles. The molecule has 1 N–H and O–H groups in total. The number of nitrogens with one attached hydrogen (secondary N) is 1. The number of hydrogen-bond donors (Lipinski definition) is 1. The van der Waals surface area contributed by atoms with Crippen molar-refractivity contribution in [1.29, 1.82) is 0 Å². The van der Waals surface area contributed by atoms with Crippen molar-refractivity contribution in [3.8, 4) is 0 Å². The summed E-state index contributed by atoms with van der Waals surface area (Å²) in [4.78, 5) is 5.58. The van der Waals surface area contributed by atoms with Gasteiger partial charge in [-0.3, -0.25) is 4.40 Å². The van der Waals surface area contributed by atoms with E-state index in [0.717, 1.165) is 17.1 Å². The molecule has 0 spiro atoms. The van der Waals surface area contributed by atoms with Crippen LogP contribution in [0.25, 0.3) is 4.96 Å². The van der Waals surface area contributed by atoms with Crippen molar-refractivity contribution < 1.29 is 4.74 Å². The van der Waals surface area contributed by atoms with Gasteiger partial charge in [0.2, 0.25) is 0 Å². The van der Waals surface area contributed by atoms with E-state index in [0.29, 0.717) is 12.6 Å². The van der Waals surface area contributed by atoms with Crippen molar-refractivity contribution in [2.75, 3.05) is 20.8 Å². The van der Waals surface area contributed by atoms with E-state index in [1.54, 1.807) is 18.4 Å². The van der Waals surface area contributed by atoms with E-state index in [2.05, 4.69) is 20.9 Å². The third-order valence-electron chi connectivity index (χ3n) is 2.37. The molecule has 0 aromatic carbocycles. The van der Waals surface area contributed by atoms with Gasteiger partial charge in [0.25, 0.3) is 0 Å². The molecule has 4 nitrogen and oxygen atoms in total. The predicted octanol–water partition coefficient (Wildman–Crippen LogP) is 1.17. The first-order chi connectivity index (χ1) is 7.33. The standard InChI is InChI=1S/C10H15N3OS/c1-11-9(7-14-2)5-8-6-13-3-4-15-10(13)12-8/h3-4,6,9,11H,5,7H2,1-2H3. The number of rotatable bonds is 5. The second-order valence-corrected chi connectivity index (χ2v) is 4.34. The van der Waals surface area contributed by atoms with E-state index in [1.165, 1.54) is 0 Å². The van der Waals surface area contributed by atoms with Gasteiger partial charge in [-0.25, -0.2) is 4.98 Å². The maximum atomic E-state index is 5.13. The fraction of sp³-hybridized carbons (Fsp3) is 0.500. The van der Waals surface area contributed by atoms with Gasteiger partial charge in [0.05, 0.1) is 12.3 Å². The molecule has 5 heteroatoms. The number of imidazole rings is 1. The number of nitrogens with zero attached hydrogens (tertiary/aromatic N) is 2. The van der Waals surface area contributed by atoms with E-state index < -0.39 is 0 Å². The largest absolute Gasteiger partial charge is 0.383 e. The number of fused-ring (bicyclic) bond motifs is 1. The van der Waals surface area contributed by atoms with Crippen molar-refractivity contribution in [3.05, 3.63) is 23.5 Å². The van der Waals surface area contributed by atoms with E-state index >= 15 is 0 Å². The number of thiazole rings is 1. The first kappa shape index (κ1) is 10.6. The Balaban J connectivity index is 2.07. The maximum absolute atomic E-state index is 5.13. The Labute approximate surface area is 92.9 Å². The van der Waals surface area contributed by atoms with Crippen LogP contribution in [0.5, 0.6) is 0 Å². The first-order valence-electron chi connectivity index (χ1n) is 4.90. The van der Waals surface area contributed by atoms with Crippen LogP contribution in [0, 0.1) is 0 Å². The molecule has 0 aliphatic carbocycles. The van der Waals surface area contributed by atoms with Gasteiger partial charge in [-0.1, -0.05) is 0 Å². The van der Waals surface area contributed by atoms with Crippen LogP contribution in [0.1, 0.15) is 5.69 Å². The van der Waals surface area contributed by atoms with Crippen LogP contribution in [0.15, 0.2) is 17.8 Å². The van der Waals surface area contributed by atoms with Gasteiger partial charge in [0, 0.05) is 37.3 Å². The summed E-state index contributed by atoms with van der Waals surface area (Å²) in [6.45, 7) is 0.710. The Morgan fingerprint density at radius 2 is 2.53 bits per heavy atom. The third-order valence-corrected chi connectivity index (χ3v) is 3.15. The molecule has 1 atom stereocenters. The average molecular weight is 225 g/mol. The van der Waals surface area contributed by atoms with Gasteiger partial charge in [-0.15, -0.1) is 11.3 Å². The van der Waals surface area contributed by atoms with Gasteiger partial charge in [0.15, 0.2) is 4.96 Å². The van der Waals surface area contributed by atoms with Crippen LogP contribution in [0.4, 0.5) is 0 Å². The SMILES string of the molecule is CNC(COC)Cc1cn2ccsc2n1. The van der Waals surface area contributed by atoms with Crippen LogP contribution in [0.2, 0.25) is 0 Å². The predicted molar refractivity (Wildman–Crippen MR) is 61.5 cm³/mol. The van der Waals surface area contributed by atoms with Crippen LogP contribution >= 0.6 is 11.3 Å². The molecule has 15 heavy (non-hydrogen) atoms. The van der Waals surface area contributed by atoms with Crippen molar-refractivity contribution >= 4 is 16.3 Å². The molecule has 2 aromatic heterocycles. The lowest BCUT2D eigenvalue weighted by atomic mass is 10.2. The summed E-state index contributed by atoms with van der Waals surface area (Å²) < 4.78 is 7.18. The summed E-state index contributed by atoms with van der Waals surface area (Å²) in [5.74, 6) is 0. The Morgan fingerprint density at radius 1 is 1.67 bits per heavy atom. The van der Waals surface area contributed by atoms with Crippen molar-refractivity contribution in [2.24, 2.45) is 0 Å². The summed E-state index contributed by atoms with van der Waals surface area (Å²) in [5.41, 5.74) is 1.11. The summed E-state index contributed by atoms with van der Waals surface area (Å²) in [7, 11) is 3.66. The highest BCUT2D eigenvalue weighted by molar-refractivity contribution is 7.15. The average Bonchev–Trinajstić information content (AvgIpc) is 2.77. The number of hydrogen-bond acceptors (Lipinski definition) is 4. The second-order valence-electron chi connectivity index (χ2n) is 3.47. The van der Waals surface area contributed by atoms with Crippen LogP contribution in [-0.2, 0) is 11.2 Å². The molecular weight excluding hydrogens is 210 g/mol. The molecule has 0 amide bonds. The number of methoxy groups -OCH3 is 1. The zero-order valence-corrected chi connectivity index (χ0v) is 9.75. The molecule has 0 bridgehead atoms. The van der Waals surface area contributed by atoms with Gasteiger partial charge in [0.1, 0.15) is 0 Å². The Kier molecular flexibility index (Phi) is 3.35. The molecule has 0 fully saturated rings. The Bertz CT molecular complexity index is 394. The molecule has 2 aromatic rings. The molecule has 0 saturated heterocycles. The smallest absolute Gasteiger partial charge is 0.193 e. The highest BCUT2D eigenvalue weighted by Gasteiger charge is 2.10. The molecule has 0 saturated carbocycles. The normalized spacial score (nSPS) is 13.5. The fourth-order valence-electron chi connectivity index (χ4n) is 1.57. The summed E-state index contributed by atoms with van der Waals surface area (Å²) in [6.07, 6.45) is 5.01. The molecule has 0 aliphatic heterocycles. The van der Waals surface area contributed by atoms with Crippen molar-refractivity contribution in [1.82, 2.24) is 14.7 Å². The molecule has 82 valence electrons.